The first kappa shape index (κ1) is 21.5. The number of halogens is 6. The van der Waals surface area contributed by atoms with Crippen molar-refractivity contribution in [2.75, 3.05) is 12.4 Å². The summed E-state index contributed by atoms with van der Waals surface area (Å²) in [5.41, 5.74) is 0.555. The number of ether oxygens (including phenoxy) is 1. The molecule has 2 aromatic rings. The normalized spacial score (nSPS) is 18.8. The first-order valence-electron chi connectivity index (χ1n) is 8.01. The highest BCUT2D eigenvalue weighted by Crippen LogP contribution is 2.42. The maximum atomic E-state index is 13.6. The molecule has 0 spiro atoms. The Bertz CT molecular complexity index is 962. The highest BCUT2D eigenvalue weighted by atomic mass is 35.5. The zero-order chi connectivity index (χ0) is 21.3. The zero-order valence-corrected chi connectivity index (χ0v) is 16.8. The van der Waals surface area contributed by atoms with Crippen molar-refractivity contribution in [3.63, 3.8) is 0 Å². The monoisotopic (exact) mass is 466 g/mol. The van der Waals surface area contributed by atoms with E-state index in [9.17, 15) is 18.0 Å². The maximum absolute atomic E-state index is 13.6. The lowest BCUT2D eigenvalue weighted by Gasteiger charge is -2.22. The van der Waals surface area contributed by atoms with Crippen LogP contribution in [-0.4, -0.2) is 31.2 Å². The number of nitrogens with zero attached hydrogens (tertiary/aromatic N) is 1. The molecule has 1 unspecified atom stereocenters. The van der Waals surface area contributed by atoms with Gasteiger partial charge in [0.25, 0.3) is 0 Å². The van der Waals surface area contributed by atoms with Gasteiger partial charge < -0.3 is 9.57 Å². The second-order valence-corrected chi connectivity index (χ2v) is 7.32. The Morgan fingerprint density at radius 2 is 1.79 bits per heavy atom. The van der Waals surface area contributed by atoms with E-state index in [1.807, 2.05) is 0 Å². The van der Waals surface area contributed by atoms with E-state index < -0.39 is 24.3 Å². The second kappa shape index (κ2) is 8.30. The van der Waals surface area contributed by atoms with E-state index in [4.69, 9.17) is 39.6 Å². The van der Waals surface area contributed by atoms with Gasteiger partial charge in [0.15, 0.2) is 0 Å². The van der Waals surface area contributed by atoms with Gasteiger partial charge in [-0.15, -0.1) is 0 Å². The summed E-state index contributed by atoms with van der Waals surface area (Å²) < 4.78 is 45.3. The number of oxime groups is 1. The van der Waals surface area contributed by atoms with Crippen LogP contribution in [-0.2, 0) is 9.57 Å². The van der Waals surface area contributed by atoms with Crippen molar-refractivity contribution in [2.24, 2.45) is 5.16 Å². The third-order valence-corrected chi connectivity index (χ3v) is 4.88. The number of carbonyl (C=O) groups is 1. The minimum atomic E-state index is -4.70. The highest BCUT2D eigenvalue weighted by molar-refractivity contribution is 6.35. The van der Waals surface area contributed by atoms with Crippen molar-refractivity contribution in [1.29, 1.82) is 0 Å². The van der Waals surface area contributed by atoms with Crippen molar-refractivity contribution < 1.29 is 27.5 Å². The second-order valence-electron chi connectivity index (χ2n) is 6.04. The molecule has 0 saturated carbocycles. The summed E-state index contributed by atoms with van der Waals surface area (Å²) >= 11 is 18.0. The van der Waals surface area contributed by atoms with Crippen LogP contribution in [0.2, 0.25) is 15.1 Å². The summed E-state index contributed by atoms with van der Waals surface area (Å²) in [7, 11) is 1.16. The molecule has 0 fully saturated rings. The van der Waals surface area contributed by atoms with Crippen molar-refractivity contribution in [1.82, 2.24) is 0 Å². The molecular weight excluding hydrogens is 456 g/mol. The van der Waals surface area contributed by atoms with Crippen LogP contribution in [0.15, 0.2) is 41.6 Å². The van der Waals surface area contributed by atoms with Crippen LogP contribution < -0.4 is 5.32 Å². The molecule has 29 heavy (non-hydrogen) atoms. The molecule has 2 atom stereocenters. The Labute approximate surface area is 178 Å². The predicted molar refractivity (Wildman–Crippen MR) is 104 cm³/mol. The molecule has 2 aromatic carbocycles. The summed E-state index contributed by atoms with van der Waals surface area (Å²) in [5, 5.41) is 6.55. The van der Waals surface area contributed by atoms with Gasteiger partial charge in [-0.1, -0.05) is 46.0 Å². The summed E-state index contributed by atoms with van der Waals surface area (Å²) in [5.74, 6) is -1.33. The van der Waals surface area contributed by atoms with Crippen molar-refractivity contribution in [2.45, 2.75) is 18.2 Å². The van der Waals surface area contributed by atoms with Gasteiger partial charge in [-0.2, -0.15) is 13.2 Å². The minimum absolute atomic E-state index is 0.0183. The topological polar surface area (TPSA) is 59.9 Å². The molecule has 0 radical (unpaired) electrons. The highest BCUT2D eigenvalue weighted by Gasteiger charge is 2.53. The Balaban J connectivity index is 2.07. The SMILES string of the molecule is COC(=O)Nc1cc(C2=NO[C@H](C(F)(F)F)C2c2cc(Cl)cc(Cl)c2)ccc1Cl. The van der Waals surface area contributed by atoms with Crippen molar-refractivity contribution in [3.05, 3.63) is 62.6 Å². The number of hydrogen-bond donors (Lipinski definition) is 1. The predicted octanol–water partition coefficient (Wildman–Crippen LogP) is 6.27. The number of benzene rings is 2. The van der Waals surface area contributed by atoms with E-state index in [2.05, 4.69) is 15.2 Å². The number of rotatable bonds is 3. The van der Waals surface area contributed by atoms with E-state index in [-0.39, 0.29) is 37.6 Å². The molecule has 1 aliphatic heterocycles. The molecule has 0 bridgehead atoms. The number of nitrogens with one attached hydrogen (secondary N) is 1. The molecule has 1 amide bonds. The minimum Gasteiger partial charge on any atom is -0.453 e. The van der Waals surface area contributed by atoms with Crippen molar-refractivity contribution >= 4 is 52.3 Å². The molecule has 154 valence electrons. The van der Waals surface area contributed by atoms with Crippen molar-refractivity contribution in [3.8, 4) is 0 Å². The Morgan fingerprint density at radius 1 is 1.14 bits per heavy atom. The lowest BCUT2D eigenvalue weighted by atomic mass is 9.85. The number of methoxy groups -OCH3 is 1. The van der Waals surface area contributed by atoms with Crippen LogP contribution in [0.4, 0.5) is 23.7 Å². The first-order chi connectivity index (χ1) is 13.6. The molecule has 0 saturated heterocycles. The van der Waals surface area contributed by atoms with Crippen LogP contribution in [0.1, 0.15) is 17.0 Å². The van der Waals surface area contributed by atoms with Gasteiger partial charge in [0.2, 0.25) is 6.10 Å². The van der Waals surface area contributed by atoms with Crippen LogP contribution in [0, 0.1) is 0 Å². The molecule has 5 nitrogen and oxygen atoms in total. The first-order valence-corrected chi connectivity index (χ1v) is 9.15. The average Bonchev–Trinajstić information content (AvgIpc) is 3.08. The van der Waals surface area contributed by atoms with Crippen LogP contribution in [0.5, 0.6) is 0 Å². The standard InChI is InChI=1S/C18H12Cl3F3N2O3/c1-28-17(27)25-13-6-8(2-3-12(13)21)15-14(16(29-26-15)18(22,23)24)9-4-10(19)7-11(20)5-9/h2-7,14,16H,1H3,(H,25,27)/t14?,16-/m0/s1. The Morgan fingerprint density at radius 3 is 2.38 bits per heavy atom. The zero-order valence-electron chi connectivity index (χ0n) is 14.6. The molecule has 0 aromatic heterocycles. The fourth-order valence-electron chi connectivity index (χ4n) is 2.88. The summed E-state index contributed by atoms with van der Waals surface area (Å²) in [6.07, 6.45) is -7.73. The van der Waals surface area contributed by atoms with E-state index in [1.54, 1.807) is 0 Å². The molecule has 3 rings (SSSR count). The van der Waals surface area contributed by atoms with Crippen LogP contribution in [0.3, 0.4) is 0 Å². The number of carbonyl (C=O) groups excluding carboxylic acids is 1. The van der Waals surface area contributed by atoms with Crippen LogP contribution in [0.25, 0.3) is 0 Å². The maximum Gasteiger partial charge on any atom is 0.429 e. The summed E-state index contributed by atoms with van der Waals surface area (Å²) in [6, 6.07) is 8.38. The molecule has 11 heteroatoms. The molecule has 1 N–H and O–H groups in total. The van der Waals surface area contributed by atoms with Gasteiger partial charge >= 0.3 is 12.3 Å². The van der Waals surface area contributed by atoms with Gasteiger partial charge in [0, 0.05) is 15.6 Å². The number of alkyl halides is 3. The fraction of sp³-hybridized carbons (Fsp3) is 0.222. The quantitative estimate of drug-likeness (QED) is 0.578. The number of anilines is 1. The van der Waals surface area contributed by atoms with E-state index in [0.717, 1.165) is 7.11 Å². The van der Waals surface area contributed by atoms with E-state index >= 15 is 0 Å². The van der Waals surface area contributed by atoms with E-state index in [1.165, 1.54) is 36.4 Å². The molecule has 1 heterocycles. The lowest BCUT2D eigenvalue weighted by molar-refractivity contribution is -0.216. The Kier molecular flexibility index (Phi) is 6.16. The van der Waals surface area contributed by atoms with Gasteiger partial charge in [-0.25, -0.2) is 4.79 Å². The lowest BCUT2D eigenvalue weighted by Crippen LogP contribution is -2.35. The smallest absolute Gasteiger partial charge is 0.429 e. The fourth-order valence-corrected chi connectivity index (χ4v) is 3.59. The molecule has 0 aliphatic carbocycles. The number of hydrogen-bond acceptors (Lipinski definition) is 4. The third kappa shape index (κ3) is 4.71. The summed E-state index contributed by atoms with van der Waals surface area (Å²) in [6.45, 7) is 0. The molecule has 1 aliphatic rings. The molecular formula is C18H12Cl3F3N2O3. The van der Waals surface area contributed by atoms with Gasteiger partial charge in [0.05, 0.1) is 29.4 Å². The van der Waals surface area contributed by atoms with Gasteiger partial charge in [-0.3, -0.25) is 5.32 Å². The average molecular weight is 468 g/mol. The largest absolute Gasteiger partial charge is 0.453 e. The van der Waals surface area contributed by atoms with Gasteiger partial charge in [-0.05, 0) is 35.9 Å². The summed E-state index contributed by atoms with van der Waals surface area (Å²) in [4.78, 5) is 16.2. The number of amides is 1. The van der Waals surface area contributed by atoms with E-state index in [0.29, 0.717) is 0 Å². The van der Waals surface area contributed by atoms with Gasteiger partial charge in [0.1, 0.15) is 0 Å². The Hall–Kier alpha value is -2.16. The van der Waals surface area contributed by atoms with Crippen LogP contribution >= 0.6 is 34.8 Å². The third-order valence-electron chi connectivity index (χ3n) is 4.11.